The summed E-state index contributed by atoms with van der Waals surface area (Å²) in [5.41, 5.74) is 10.4. The molecule has 12 heteroatoms. The number of hydrogen-bond acceptors (Lipinski definition) is 7. The smallest absolute Gasteiger partial charge is 0.326 e. The number of aliphatic hydroxyl groups excluding tert-OH is 1. The molecule has 27 heavy (non-hydrogen) atoms. The molecule has 1 saturated heterocycles. The van der Waals surface area contributed by atoms with E-state index in [1.807, 2.05) is 0 Å². The molecule has 4 atom stereocenters. The molecule has 1 rings (SSSR count). The second-order valence-corrected chi connectivity index (χ2v) is 6.28. The number of primary amides is 1. The highest BCUT2D eigenvalue weighted by atomic mass is 16.4. The van der Waals surface area contributed by atoms with E-state index >= 15 is 0 Å². The molecular formula is C15H25N5O7. The Morgan fingerprint density at radius 1 is 1.19 bits per heavy atom. The average molecular weight is 387 g/mol. The van der Waals surface area contributed by atoms with E-state index in [0.717, 1.165) is 4.90 Å². The van der Waals surface area contributed by atoms with Crippen molar-refractivity contribution in [1.82, 2.24) is 15.5 Å². The topological polar surface area (TPSA) is 205 Å². The maximum absolute atomic E-state index is 12.4. The Morgan fingerprint density at radius 2 is 1.81 bits per heavy atom. The molecule has 0 saturated carbocycles. The molecule has 1 fully saturated rings. The fourth-order valence-electron chi connectivity index (χ4n) is 2.67. The number of aliphatic hydroxyl groups is 1. The van der Waals surface area contributed by atoms with Crippen molar-refractivity contribution < 1.29 is 34.2 Å². The van der Waals surface area contributed by atoms with Crippen LogP contribution in [0.25, 0.3) is 0 Å². The summed E-state index contributed by atoms with van der Waals surface area (Å²) in [5.74, 6) is -4.23. The van der Waals surface area contributed by atoms with E-state index in [1.165, 1.54) is 6.92 Å². The highest BCUT2D eigenvalue weighted by Gasteiger charge is 2.37. The van der Waals surface area contributed by atoms with Gasteiger partial charge in [-0.2, -0.15) is 0 Å². The first kappa shape index (κ1) is 22.3. The minimum Gasteiger partial charge on any atom is -0.480 e. The average Bonchev–Trinajstić information content (AvgIpc) is 3.07. The normalized spacial score (nSPS) is 19.7. The van der Waals surface area contributed by atoms with Gasteiger partial charge in [0.05, 0.1) is 19.1 Å². The third-order valence-corrected chi connectivity index (χ3v) is 4.13. The molecule has 1 heterocycles. The molecule has 152 valence electrons. The van der Waals surface area contributed by atoms with Crippen LogP contribution in [0.3, 0.4) is 0 Å². The maximum Gasteiger partial charge on any atom is 0.326 e. The lowest BCUT2D eigenvalue weighted by molar-refractivity contribution is -0.150. The van der Waals surface area contributed by atoms with Gasteiger partial charge in [-0.05, 0) is 19.8 Å². The van der Waals surface area contributed by atoms with Gasteiger partial charge in [-0.25, -0.2) is 4.79 Å². The number of aliphatic carboxylic acids is 1. The Balaban J connectivity index is 2.66. The van der Waals surface area contributed by atoms with Gasteiger partial charge in [0.2, 0.25) is 23.6 Å². The van der Waals surface area contributed by atoms with E-state index in [0.29, 0.717) is 6.42 Å². The van der Waals surface area contributed by atoms with Crippen LogP contribution in [0, 0.1) is 0 Å². The summed E-state index contributed by atoms with van der Waals surface area (Å²) in [6.07, 6.45) is 0.389. The fraction of sp³-hybridized carbons (Fsp3) is 0.667. The van der Waals surface area contributed by atoms with Gasteiger partial charge in [-0.15, -0.1) is 0 Å². The van der Waals surface area contributed by atoms with Crippen LogP contribution in [-0.4, -0.2) is 82.0 Å². The van der Waals surface area contributed by atoms with Crippen molar-refractivity contribution in [2.45, 2.75) is 50.4 Å². The second-order valence-electron chi connectivity index (χ2n) is 6.28. The molecule has 0 bridgehead atoms. The van der Waals surface area contributed by atoms with E-state index in [4.69, 9.17) is 16.6 Å². The number of hydrogen-bond donors (Lipinski definition) is 6. The highest BCUT2D eigenvalue weighted by molar-refractivity contribution is 5.95. The first-order valence-corrected chi connectivity index (χ1v) is 8.37. The van der Waals surface area contributed by atoms with Crippen molar-refractivity contribution in [2.24, 2.45) is 11.5 Å². The molecule has 8 N–H and O–H groups in total. The molecule has 12 nitrogen and oxygen atoms in total. The summed E-state index contributed by atoms with van der Waals surface area (Å²) in [6, 6.07) is -4.70. The third kappa shape index (κ3) is 6.18. The number of carbonyl (C=O) groups is 5. The quantitative estimate of drug-likeness (QED) is 0.231. The minimum absolute atomic E-state index is 0.205. The summed E-state index contributed by atoms with van der Waals surface area (Å²) >= 11 is 0. The fourth-order valence-corrected chi connectivity index (χ4v) is 2.67. The maximum atomic E-state index is 12.4. The molecule has 0 spiro atoms. The lowest BCUT2D eigenvalue weighted by atomic mass is 10.1. The van der Waals surface area contributed by atoms with Crippen molar-refractivity contribution in [3.05, 3.63) is 0 Å². The van der Waals surface area contributed by atoms with Gasteiger partial charge < -0.3 is 37.2 Å². The Labute approximate surface area is 155 Å². The van der Waals surface area contributed by atoms with Crippen LogP contribution >= 0.6 is 0 Å². The Kier molecular flexibility index (Phi) is 8.12. The number of nitrogens with two attached hydrogens (primary N) is 2. The van der Waals surface area contributed by atoms with Gasteiger partial charge in [-0.1, -0.05) is 0 Å². The van der Waals surface area contributed by atoms with Crippen molar-refractivity contribution in [3.63, 3.8) is 0 Å². The number of carboxylic acid groups (broad SMARTS) is 1. The van der Waals surface area contributed by atoms with Crippen LogP contribution in [0.15, 0.2) is 0 Å². The standard InChI is InChI=1S/C15H25N5O7/c1-7(18-13(24)8(16)5-11(17)22)12(23)19-9(6-21)14(25)20-4-2-3-10(20)15(26)27/h7-10,21H,2-6,16H2,1H3,(H2,17,22)(H,18,24)(H,19,23)(H,26,27). The molecule has 0 aliphatic carbocycles. The Morgan fingerprint density at radius 3 is 2.33 bits per heavy atom. The Hall–Kier alpha value is -2.73. The van der Waals surface area contributed by atoms with Crippen LogP contribution in [0.1, 0.15) is 26.2 Å². The summed E-state index contributed by atoms with van der Waals surface area (Å²) in [5, 5.41) is 23.1. The number of amides is 4. The van der Waals surface area contributed by atoms with Crippen LogP contribution in [0.4, 0.5) is 0 Å². The van der Waals surface area contributed by atoms with Crippen LogP contribution in [0.5, 0.6) is 0 Å². The van der Waals surface area contributed by atoms with Gasteiger partial charge in [0.15, 0.2) is 0 Å². The molecule has 1 aliphatic heterocycles. The molecule has 0 radical (unpaired) electrons. The predicted octanol–water partition coefficient (Wildman–Crippen LogP) is -3.75. The van der Waals surface area contributed by atoms with Crippen molar-refractivity contribution >= 4 is 29.6 Å². The summed E-state index contributed by atoms with van der Waals surface area (Å²) in [7, 11) is 0. The largest absolute Gasteiger partial charge is 0.480 e. The lowest BCUT2D eigenvalue weighted by Gasteiger charge is -2.27. The predicted molar refractivity (Wildman–Crippen MR) is 90.8 cm³/mol. The minimum atomic E-state index is -1.35. The first-order chi connectivity index (χ1) is 12.6. The monoisotopic (exact) mass is 387 g/mol. The number of nitrogens with one attached hydrogen (secondary N) is 2. The zero-order valence-corrected chi connectivity index (χ0v) is 14.9. The molecule has 0 aromatic rings. The van der Waals surface area contributed by atoms with E-state index < -0.39 is 66.8 Å². The molecule has 4 unspecified atom stereocenters. The second kappa shape index (κ2) is 9.83. The van der Waals surface area contributed by atoms with Crippen molar-refractivity contribution in [1.29, 1.82) is 0 Å². The number of carbonyl (C=O) groups excluding carboxylic acids is 4. The highest BCUT2D eigenvalue weighted by Crippen LogP contribution is 2.18. The SMILES string of the molecule is CC(NC(=O)C(N)CC(N)=O)C(=O)NC(CO)C(=O)N1CCCC1C(=O)O. The first-order valence-electron chi connectivity index (χ1n) is 8.37. The summed E-state index contributed by atoms with van der Waals surface area (Å²) < 4.78 is 0. The van der Waals surface area contributed by atoms with Gasteiger partial charge >= 0.3 is 5.97 Å². The summed E-state index contributed by atoms with van der Waals surface area (Å²) in [6.45, 7) is 0.782. The number of carboxylic acids is 1. The molecular weight excluding hydrogens is 362 g/mol. The van der Waals surface area contributed by atoms with E-state index in [-0.39, 0.29) is 13.0 Å². The molecule has 4 amide bonds. The number of rotatable bonds is 9. The Bertz CT molecular complexity index is 611. The number of likely N-dealkylation sites (tertiary alicyclic amines) is 1. The van der Waals surface area contributed by atoms with Gasteiger partial charge in [0.25, 0.3) is 0 Å². The van der Waals surface area contributed by atoms with Crippen molar-refractivity contribution in [2.75, 3.05) is 13.2 Å². The summed E-state index contributed by atoms with van der Waals surface area (Å²) in [4.78, 5) is 59.4. The van der Waals surface area contributed by atoms with E-state index in [1.54, 1.807) is 0 Å². The zero-order chi connectivity index (χ0) is 20.7. The molecule has 0 aromatic carbocycles. The van der Waals surface area contributed by atoms with Crippen LogP contribution in [-0.2, 0) is 24.0 Å². The zero-order valence-electron chi connectivity index (χ0n) is 14.9. The van der Waals surface area contributed by atoms with E-state index in [9.17, 15) is 29.1 Å². The number of nitrogens with zero attached hydrogens (tertiary/aromatic N) is 1. The van der Waals surface area contributed by atoms with Gasteiger partial charge in [0.1, 0.15) is 18.1 Å². The van der Waals surface area contributed by atoms with Gasteiger partial charge in [0, 0.05) is 6.54 Å². The van der Waals surface area contributed by atoms with Crippen LogP contribution < -0.4 is 22.1 Å². The van der Waals surface area contributed by atoms with Crippen LogP contribution in [0.2, 0.25) is 0 Å². The third-order valence-electron chi connectivity index (χ3n) is 4.13. The molecule has 1 aliphatic rings. The lowest BCUT2D eigenvalue weighted by Crippen LogP contribution is -2.57. The van der Waals surface area contributed by atoms with E-state index in [2.05, 4.69) is 10.6 Å². The van der Waals surface area contributed by atoms with Crippen molar-refractivity contribution in [3.8, 4) is 0 Å². The van der Waals surface area contributed by atoms with Gasteiger partial charge in [-0.3, -0.25) is 19.2 Å². The molecule has 0 aromatic heterocycles.